The second kappa shape index (κ2) is 9.62. The van der Waals surface area contributed by atoms with Crippen molar-refractivity contribution in [3.8, 4) is 11.5 Å². The molecule has 0 aliphatic carbocycles. The molecule has 6 heteroatoms. The molecule has 0 aromatic heterocycles. The number of methoxy groups -OCH3 is 2. The number of hydrogen-bond acceptors (Lipinski definition) is 4. The molecule has 2 amide bonds. The Morgan fingerprint density at radius 3 is 2.56 bits per heavy atom. The molecule has 1 aliphatic rings. The Balaban J connectivity index is 2.35. The van der Waals surface area contributed by atoms with Gasteiger partial charge in [-0.2, -0.15) is 0 Å². The lowest BCUT2D eigenvalue weighted by Crippen LogP contribution is -2.36. The van der Waals surface area contributed by atoms with Crippen molar-refractivity contribution >= 4 is 11.8 Å². The van der Waals surface area contributed by atoms with E-state index in [1.165, 1.54) is 0 Å². The summed E-state index contributed by atoms with van der Waals surface area (Å²) in [6.45, 7) is 7.67. The molecule has 1 heterocycles. The predicted octanol–water partition coefficient (Wildman–Crippen LogP) is 2.82. The first-order valence-corrected chi connectivity index (χ1v) is 9.69. The lowest BCUT2D eigenvalue weighted by atomic mass is 9.87. The van der Waals surface area contributed by atoms with E-state index in [9.17, 15) is 9.59 Å². The molecule has 150 valence electrons. The van der Waals surface area contributed by atoms with E-state index in [-0.39, 0.29) is 29.6 Å². The van der Waals surface area contributed by atoms with Crippen molar-refractivity contribution in [3.63, 3.8) is 0 Å². The van der Waals surface area contributed by atoms with Crippen molar-refractivity contribution < 1.29 is 19.1 Å². The number of carbonyl (C=O) groups excluding carboxylic acids is 2. The molecule has 1 aromatic rings. The minimum absolute atomic E-state index is 0.00781. The Hall–Kier alpha value is -2.24. The van der Waals surface area contributed by atoms with Crippen LogP contribution in [0.15, 0.2) is 18.2 Å². The van der Waals surface area contributed by atoms with Gasteiger partial charge in [-0.25, -0.2) is 0 Å². The number of para-hydroxylation sites is 1. The SMILES string of the molecule is CCCNC(=O)[C@@H]1CN(C(=O)CC(C)C)C[C@@H]1c1cccc(OC)c1OC. The summed E-state index contributed by atoms with van der Waals surface area (Å²) in [7, 11) is 3.20. The predicted molar refractivity (Wildman–Crippen MR) is 105 cm³/mol. The van der Waals surface area contributed by atoms with Crippen molar-refractivity contribution in [2.45, 2.75) is 39.5 Å². The van der Waals surface area contributed by atoms with E-state index in [2.05, 4.69) is 5.32 Å². The number of amides is 2. The molecule has 1 saturated heterocycles. The molecule has 6 nitrogen and oxygen atoms in total. The Morgan fingerprint density at radius 1 is 1.22 bits per heavy atom. The van der Waals surface area contributed by atoms with Crippen LogP contribution in [0.25, 0.3) is 0 Å². The second-order valence-corrected chi connectivity index (χ2v) is 7.48. The van der Waals surface area contributed by atoms with Gasteiger partial charge in [-0.05, 0) is 18.4 Å². The number of nitrogens with zero attached hydrogens (tertiary/aromatic N) is 1. The summed E-state index contributed by atoms with van der Waals surface area (Å²) < 4.78 is 11.0. The van der Waals surface area contributed by atoms with Crippen LogP contribution in [0.5, 0.6) is 11.5 Å². The molecule has 0 bridgehead atoms. The van der Waals surface area contributed by atoms with Crippen molar-refractivity contribution in [2.24, 2.45) is 11.8 Å². The van der Waals surface area contributed by atoms with Gasteiger partial charge in [0, 0.05) is 37.5 Å². The van der Waals surface area contributed by atoms with E-state index in [1.54, 1.807) is 14.2 Å². The average Bonchev–Trinajstić information content (AvgIpc) is 3.10. The van der Waals surface area contributed by atoms with E-state index in [1.807, 2.05) is 43.9 Å². The van der Waals surface area contributed by atoms with Gasteiger partial charge in [0.15, 0.2) is 11.5 Å². The van der Waals surface area contributed by atoms with Crippen LogP contribution in [0.1, 0.15) is 45.1 Å². The van der Waals surface area contributed by atoms with Gasteiger partial charge >= 0.3 is 0 Å². The first-order chi connectivity index (χ1) is 12.9. The zero-order valence-corrected chi connectivity index (χ0v) is 17.1. The quantitative estimate of drug-likeness (QED) is 0.758. The average molecular weight is 376 g/mol. The third kappa shape index (κ3) is 4.93. The second-order valence-electron chi connectivity index (χ2n) is 7.48. The first-order valence-electron chi connectivity index (χ1n) is 9.69. The van der Waals surface area contributed by atoms with Gasteiger partial charge < -0.3 is 19.7 Å². The van der Waals surface area contributed by atoms with Crippen LogP contribution in [0, 0.1) is 11.8 Å². The van der Waals surface area contributed by atoms with Crippen LogP contribution in [0.4, 0.5) is 0 Å². The van der Waals surface area contributed by atoms with Gasteiger partial charge in [0.05, 0.1) is 20.1 Å². The normalized spacial score (nSPS) is 19.3. The molecule has 2 rings (SSSR count). The topological polar surface area (TPSA) is 67.9 Å². The van der Waals surface area contributed by atoms with Crippen LogP contribution < -0.4 is 14.8 Å². The molecule has 0 saturated carbocycles. The van der Waals surface area contributed by atoms with E-state index in [0.717, 1.165) is 12.0 Å². The molecule has 0 radical (unpaired) electrons. The third-order valence-corrected chi connectivity index (χ3v) is 4.97. The van der Waals surface area contributed by atoms with Gasteiger partial charge in [-0.1, -0.05) is 32.9 Å². The van der Waals surface area contributed by atoms with E-state index < -0.39 is 0 Å². The molecule has 0 unspecified atom stereocenters. The van der Waals surface area contributed by atoms with Gasteiger partial charge in [-0.3, -0.25) is 9.59 Å². The smallest absolute Gasteiger partial charge is 0.225 e. The summed E-state index contributed by atoms with van der Waals surface area (Å²) in [5.41, 5.74) is 0.911. The summed E-state index contributed by atoms with van der Waals surface area (Å²) in [5.74, 6) is 1.23. The number of ether oxygens (including phenoxy) is 2. The Labute approximate surface area is 162 Å². The van der Waals surface area contributed by atoms with Crippen LogP contribution in [-0.2, 0) is 9.59 Å². The summed E-state index contributed by atoms with van der Waals surface area (Å²) in [4.78, 5) is 27.3. The third-order valence-electron chi connectivity index (χ3n) is 4.97. The Morgan fingerprint density at radius 2 is 1.96 bits per heavy atom. The zero-order chi connectivity index (χ0) is 20.0. The van der Waals surface area contributed by atoms with Crippen LogP contribution in [-0.4, -0.2) is 50.6 Å². The molecule has 1 fully saturated rings. The Kier molecular flexibility index (Phi) is 7.51. The lowest BCUT2D eigenvalue weighted by Gasteiger charge is -2.21. The van der Waals surface area contributed by atoms with Crippen LogP contribution in [0.3, 0.4) is 0 Å². The van der Waals surface area contributed by atoms with Gasteiger partial charge in [0.2, 0.25) is 11.8 Å². The van der Waals surface area contributed by atoms with Crippen molar-refractivity contribution in [3.05, 3.63) is 23.8 Å². The van der Waals surface area contributed by atoms with E-state index in [4.69, 9.17) is 9.47 Å². The molecular formula is C21H32N2O4. The largest absolute Gasteiger partial charge is 0.493 e. The standard InChI is InChI=1S/C21H32N2O4/c1-6-10-22-21(25)17-13-23(19(24)11-14(2)3)12-16(17)15-8-7-9-18(26-4)20(15)27-5/h7-9,14,16-17H,6,10-13H2,1-5H3,(H,22,25)/t16-,17-/m1/s1. The highest BCUT2D eigenvalue weighted by Gasteiger charge is 2.41. The highest BCUT2D eigenvalue weighted by molar-refractivity contribution is 5.83. The molecule has 1 aromatic carbocycles. The van der Waals surface area contributed by atoms with Crippen molar-refractivity contribution in [2.75, 3.05) is 33.9 Å². The molecule has 1 N–H and O–H groups in total. The molecular weight excluding hydrogens is 344 g/mol. The monoisotopic (exact) mass is 376 g/mol. The minimum atomic E-state index is -0.298. The van der Waals surface area contributed by atoms with Crippen LogP contribution in [0.2, 0.25) is 0 Å². The minimum Gasteiger partial charge on any atom is -0.493 e. The summed E-state index contributed by atoms with van der Waals surface area (Å²) in [6.07, 6.45) is 1.37. The van der Waals surface area contributed by atoms with Crippen molar-refractivity contribution in [1.82, 2.24) is 10.2 Å². The Bertz CT molecular complexity index is 660. The maximum Gasteiger partial charge on any atom is 0.225 e. The van der Waals surface area contributed by atoms with Crippen LogP contribution >= 0.6 is 0 Å². The molecule has 1 aliphatic heterocycles. The van der Waals surface area contributed by atoms with Crippen molar-refractivity contribution in [1.29, 1.82) is 0 Å². The maximum absolute atomic E-state index is 12.8. The van der Waals surface area contributed by atoms with Gasteiger partial charge in [0.25, 0.3) is 0 Å². The number of hydrogen-bond donors (Lipinski definition) is 1. The fourth-order valence-electron chi connectivity index (χ4n) is 3.65. The number of rotatable bonds is 8. The van der Waals surface area contributed by atoms with Gasteiger partial charge in [0.1, 0.15) is 0 Å². The first kappa shape index (κ1) is 21.1. The highest BCUT2D eigenvalue weighted by Crippen LogP contribution is 2.42. The number of carbonyl (C=O) groups is 2. The maximum atomic E-state index is 12.8. The molecule has 2 atom stereocenters. The van der Waals surface area contributed by atoms with Gasteiger partial charge in [-0.15, -0.1) is 0 Å². The summed E-state index contributed by atoms with van der Waals surface area (Å²) >= 11 is 0. The fraction of sp³-hybridized carbons (Fsp3) is 0.619. The lowest BCUT2D eigenvalue weighted by molar-refractivity contribution is -0.131. The van der Waals surface area contributed by atoms with E-state index in [0.29, 0.717) is 37.6 Å². The zero-order valence-electron chi connectivity index (χ0n) is 17.1. The molecule has 0 spiro atoms. The fourth-order valence-corrected chi connectivity index (χ4v) is 3.65. The summed E-state index contributed by atoms with van der Waals surface area (Å²) in [5, 5.41) is 2.99. The number of benzene rings is 1. The molecule has 27 heavy (non-hydrogen) atoms. The number of nitrogens with one attached hydrogen (secondary N) is 1. The highest BCUT2D eigenvalue weighted by atomic mass is 16.5. The van der Waals surface area contributed by atoms with E-state index >= 15 is 0 Å². The summed E-state index contributed by atoms with van der Waals surface area (Å²) in [6, 6.07) is 5.70. The number of likely N-dealkylation sites (tertiary alicyclic amines) is 1.